The first-order valence-electron chi connectivity index (χ1n) is 21.0. The number of rotatable bonds is 36. The molecule has 1 fully saturated rings. The standard InChI is InChI=1S/C44H78O6/c1-4-5-6-7-8-16-20-23-28-33-41-42(50-41)34-29-25-26-31-36-44(47)49-38-40(45)37-48-43(46)35-30-24-21-18-15-13-11-9-10-12-14-17-19-22-27-32-39(2)3/h8,16,23,25,28-29,39-42,45H,4-7,9-15,17-22,24,26-27,30-38H2,1-3H3/b16-8-,28-23-,29-25-/t40-,41?,42?/m1/s1. The molecule has 50 heavy (non-hydrogen) atoms. The number of hydrogen-bond donors (Lipinski definition) is 1. The van der Waals surface area contributed by atoms with E-state index in [0.717, 1.165) is 50.9 Å². The number of carbonyl (C=O) groups is 2. The van der Waals surface area contributed by atoms with Crippen molar-refractivity contribution in [3.63, 3.8) is 0 Å². The number of aliphatic hydroxyl groups excluding tert-OH is 1. The molecule has 0 spiro atoms. The maximum absolute atomic E-state index is 12.0. The van der Waals surface area contributed by atoms with E-state index in [1.54, 1.807) is 0 Å². The van der Waals surface area contributed by atoms with Gasteiger partial charge in [-0.1, -0.05) is 166 Å². The Kier molecular flexibility index (Phi) is 31.5. The Morgan fingerprint density at radius 2 is 1.02 bits per heavy atom. The zero-order valence-corrected chi connectivity index (χ0v) is 32.8. The second-order valence-corrected chi connectivity index (χ2v) is 15.0. The molecule has 1 aliphatic heterocycles. The lowest BCUT2D eigenvalue weighted by Crippen LogP contribution is -2.25. The Balaban J connectivity index is 1.84. The van der Waals surface area contributed by atoms with Gasteiger partial charge in [-0.25, -0.2) is 0 Å². The molecule has 0 radical (unpaired) electrons. The fourth-order valence-corrected chi connectivity index (χ4v) is 6.13. The molecule has 1 aliphatic rings. The molecule has 1 rings (SSSR count). The van der Waals surface area contributed by atoms with E-state index in [2.05, 4.69) is 57.2 Å². The van der Waals surface area contributed by atoms with Crippen LogP contribution in [0.15, 0.2) is 36.5 Å². The van der Waals surface area contributed by atoms with Gasteiger partial charge < -0.3 is 19.3 Å². The third-order valence-corrected chi connectivity index (χ3v) is 9.46. The molecule has 2 unspecified atom stereocenters. The number of esters is 2. The Hall–Kier alpha value is -1.92. The van der Waals surface area contributed by atoms with Gasteiger partial charge in [-0.05, 0) is 57.3 Å². The molecule has 0 amide bonds. The summed E-state index contributed by atoms with van der Waals surface area (Å²) in [5, 5.41) is 10.0. The molecule has 0 aromatic carbocycles. The number of ether oxygens (including phenoxy) is 3. The van der Waals surface area contributed by atoms with Gasteiger partial charge in [0, 0.05) is 12.8 Å². The zero-order valence-electron chi connectivity index (χ0n) is 32.8. The minimum Gasteiger partial charge on any atom is -0.463 e. The van der Waals surface area contributed by atoms with Crippen molar-refractivity contribution < 1.29 is 28.9 Å². The van der Waals surface area contributed by atoms with Gasteiger partial charge >= 0.3 is 11.9 Å². The molecule has 1 heterocycles. The lowest BCUT2D eigenvalue weighted by atomic mass is 10.0. The van der Waals surface area contributed by atoms with Crippen molar-refractivity contribution in [1.29, 1.82) is 0 Å². The van der Waals surface area contributed by atoms with Crippen LogP contribution in [0.1, 0.15) is 194 Å². The van der Waals surface area contributed by atoms with Crippen LogP contribution in [0.25, 0.3) is 0 Å². The van der Waals surface area contributed by atoms with Gasteiger partial charge in [0.25, 0.3) is 0 Å². The van der Waals surface area contributed by atoms with E-state index in [0.29, 0.717) is 31.5 Å². The van der Waals surface area contributed by atoms with Crippen LogP contribution in [0.4, 0.5) is 0 Å². The van der Waals surface area contributed by atoms with Crippen molar-refractivity contribution in [2.75, 3.05) is 13.2 Å². The summed E-state index contributed by atoms with van der Waals surface area (Å²) in [5.74, 6) is 0.220. The quantitative estimate of drug-likeness (QED) is 0.0303. The highest BCUT2D eigenvalue weighted by Crippen LogP contribution is 2.29. The summed E-state index contributed by atoms with van der Waals surface area (Å²) < 4.78 is 16.1. The second kappa shape index (κ2) is 34.2. The maximum Gasteiger partial charge on any atom is 0.305 e. The highest BCUT2D eigenvalue weighted by atomic mass is 16.6. The van der Waals surface area contributed by atoms with Gasteiger partial charge in [0.2, 0.25) is 0 Å². The number of unbranched alkanes of at least 4 members (excludes halogenated alkanes) is 18. The first-order valence-corrected chi connectivity index (χ1v) is 21.0. The van der Waals surface area contributed by atoms with Crippen molar-refractivity contribution in [2.45, 2.75) is 212 Å². The van der Waals surface area contributed by atoms with E-state index in [4.69, 9.17) is 14.2 Å². The summed E-state index contributed by atoms with van der Waals surface area (Å²) in [6, 6.07) is 0. The Morgan fingerprint density at radius 1 is 0.580 bits per heavy atom. The average molecular weight is 703 g/mol. The molecule has 3 atom stereocenters. The lowest BCUT2D eigenvalue weighted by Gasteiger charge is -2.12. The number of hydrogen-bond acceptors (Lipinski definition) is 6. The Labute approximate surface area is 308 Å². The Bertz CT molecular complexity index is 878. The smallest absolute Gasteiger partial charge is 0.305 e. The molecular formula is C44H78O6. The van der Waals surface area contributed by atoms with Crippen LogP contribution in [0.5, 0.6) is 0 Å². The molecule has 0 bridgehead atoms. The number of allylic oxidation sites excluding steroid dienone is 4. The summed E-state index contributed by atoms with van der Waals surface area (Å²) in [6.45, 7) is 6.58. The van der Waals surface area contributed by atoms with Crippen LogP contribution in [0.2, 0.25) is 0 Å². The first-order chi connectivity index (χ1) is 24.4. The van der Waals surface area contributed by atoms with Crippen LogP contribution in [-0.4, -0.2) is 48.6 Å². The highest BCUT2D eigenvalue weighted by Gasteiger charge is 2.35. The van der Waals surface area contributed by atoms with E-state index in [1.807, 2.05) is 0 Å². The molecule has 1 N–H and O–H groups in total. The van der Waals surface area contributed by atoms with E-state index >= 15 is 0 Å². The summed E-state index contributed by atoms with van der Waals surface area (Å²) in [5.41, 5.74) is 0. The number of carbonyl (C=O) groups excluding carboxylic acids is 2. The molecule has 0 saturated carbocycles. The van der Waals surface area contributed by atoms with E-state index in [-0.39, 0.29) is 25.2 Å². The van der Waals surface area contributed by atoms with Crippen LogP contribution >= 0.6 is 0 Å². The van der Waals surface area contributed by atoms with Crippen molar-refractivity contribution >= 4 is 11.9 Å². The molecule has 0 aromatic rings. The van der Waals surface area contributed by atoms with Gasteiger partial charge in [-0.2, -0.15) is 0 Å². The first kappa shape index (κ1) is 46.1. The number of aliphatic hydroxyl groups is 1. The number of epoxide rings is 1. The average Bonchev–Trinajstić information content (AvgIpc) is 3.86. The summed E-state index contributed by atoms with van der Waals surface area (Å²) >= 11 is 0. The lowest BCUT2D eigenvalue weighted by molar-refractivity contribution is -0.152. The van der Waals surface area contributed by atoms with Crippen molar-refractivity contribution in [2.24, 2.45) is 5.92 Å². The monoisotopic (exact) mass is 703 g/mol. The van der Waals surface area contributed by atoms with Gasteiger partial charge in [-0.15, -0.1) is 0 Å². The largest absolute Gasteiger partial charge is 0.463 e. The molecule has 0 aromatic heterocycles. The fourth-order valence-electron chi connectivity index (χ4n) is 6.13. The van der Waals surface area contributed by atoms with Crippen LogP contribution < -0.4 is 0 Å². The molecule has 1 saturated heterocycles. The fraction of sp³-hybridized carbons (Fsp3) is 0.818. The molecule has 0 aliphatic carbocycles. The van der Waals surface area contributed by atoms with Gasteiger partial charge in [0.1, 0.15) is 19.3 Å². The third-order valence-electron chi connectivity index (χ3n) is 9.46. The van der Waals surface area contributed by atoms with E-state index in [9.17, 15) is 14.7 Å². The molecular weight excluding hydrogens is 624 g/mol. The molecule has 6 nitrogen and oxygen atoms in total. The highest BCUT2D eigenvalue weighted by molar-refractivity contribution is 5.69. The van der Waals surface area contributed by atoms with Crippen LogP contribution in [-0.2, 0) is 23.8 Å². The van der Waals surface area contributed by atoms with Crippen LogP contribution in [0.3, 0.4) is 0 Å². The minimum atomic E-state index is -0.990. The minimum absolute atomic E-state index is 0.136. The van der Waals surface area contributed by atoms with Crippen LogP contribution in [0, 0.1) is 5.92 Å². The normalized spacial score (nSPS) is 16.7. The van der Waals surface area contributed by atoms with E-state index < -0.39 is 6.10 Å². The predicted molar refractivity (Wildman–Crippen MR) is 209 cm³/mol. The Morgan fingerprint density at radius 3 is 1.56 bits per heavy atom. The zero-order chi connectivity index (χ0) is 36.3. The van der Waals surface area contributed by atoms with Gasteiger partial charge in [-0.3, -0.25) is 9.59 Å². The topological polar surface area (TPSA) is 85.4 Å². The summed E-state index contributed by atoms with van der Waals surface area (Å²) in [6.07, 6.45) is 43.8. The summed E-state index contributed by atoms with van der Waals surface area (Å²) in [7, 11) is 0. The van der Waals surface area contributed by atoms with Crippen molar-refractivity contribution in [1.82, 2.24) is 0 Å². The third kappa shape index (κ3) is 32.0. The SMILES string of the molecule is CCCCC/C=C\C/C=C\CC1OC1C/C=C\CCCC(=O)OC[C@H](O)COC(=O)CCCCCCCCCCCCCCCCCC(C)C. The van der Waals surface area contributed by atoms with E-state index in [1.165, 1.54) is 109 Å². The summed E-state index contributed by atoms with van der Waals surface area (Å²) in [4.78, 5) is 24.0. The molecule has 290 valence electrons. The predicted octanol–water partition coefficient (Wildman–Crippen LogP) is 12.1. The van der Waals surface area contributed by atoms with Crippen molar-refractivity contribution in [3.05, 3.63) is 36.5 Å². The molecule has 6 heteroatoms. The van der Waals surface area contributed by atoms with Crippen molar-refractivity contribution in [3.8, 4) is 0 Å². The van der Waals surface area contributed by atoms with Gasteiger partial charge in [0.05, 0.1) is 12.2 Å². The second-order valence-electron chi connectivity index (χ2n) is 15.0. The van der Waals surface area contributed by atoms with Gasteiger partial charge in [0.15, 0.2) is 0 Å². The maximum atomic E-state index is 12.0.